The van der Waals surface area contributed by atoms with Crippen LogP contribution in [-0.2, 0) is 0 Å². The molecule has 4 heteroatoms. The van der Waals surface area contributed by atoms with Crippen LogP contribution in [0.25, 0.3) is 0 Å². The molecule has 1 fully saturated rings. The van der Waals surface area contributed by atoms with Crippen LogP contribution in [0.2, 0.25) is 0 Å². The Kier molecular flexibility index (Phi) is 3.87. The average Bonchev–Trinajstić information content (AvgIpc) is 2.83. The third-order valence-electron chi connectivity index (χ3n) is 3.52. The summed E-state index contributed by atoms with van der Waals surface area (Å²) in [7, 11) is 3.16. The lowest BCUT2D eigenvalue weighted by atomic mass is 9.89. The molecular weight excluding hydrogens is 230 g/mol. The minimum absolute atomic E-state index is 0.0584. The SMILES string of the molecule is COc1ccc(C(=O)C2CNCC2C)cc1OC. The highest BCUT2D eigenvalue weighted by molar-refractivity contribution is 5.99. The van der Waals surface area contributed by atoms with E-state index in [0.29, 0.717) is 23.0 Å². The van der Waals surface area contributed by atoms with Crippen LogP contribution < -0.4 is 14.8 Å². The minimum atomic E-state index is 0.0584. The van der Waals surface area contributed by atoms with E-state index in [1.165, 1.54) is 0 Å². The van der Waals surface area contributed by atoms with Gasteiger partial charge in [-0.1, -0.05) is 6.92 Å². The number of hydrogen-bond donors (Lipinski definition) is 1. The first-order chi connectivity index (χ1) is 8.67. The van der Waals surface area contributed by atoms with Gasteiger partial charge in [0.15, 0.2) is 17.3 Å². The molecule has 0 aliphatic carbocycles. The van der Waals surface area contributed by atoms with Crippen LogP contribution in [0.4, 0.5) is 0 Å². The molecule has 1 aromatic carbocycles. The summed E-state index contributed by atoms with van der Waals surface area (Å²) >= 11 is 0. The number of hydrogen-bond acceptors (Lipinski definition) is 4. The summed E-state index contributed by atoms with van der Waals surface area (Å²) in [4.78, 5) is 12.4. The number of Topliss-reactive ketones (excluding diaryl/α,β-unsaturated/α-hetero) is 1. The molecule has 0 amide bonds. The fourth-order valence-electron chi connectivity index (χ4n) is 2.36. The number of nitrogens with one attached hydrogen (secondary N) is 1. The van der Waals surface area contributed by atoms with Gasteiger partial charge in [0.25, 0.3) is 0 Å². The number of methoxy groups -OCH3 is 2. The number of rotatable bonds is 4. The maximum Gasteiger partial charge on any atom is 0.167 e. The predicted molar refractivity (Wildman–Crippen MR) is 69.4 cm³/mol. The summed E-state index contributed by atoms with van der Waals surface area (Å²) in [6.07, 6.45) is 0. The Labute approximate surface area is 107 Å². The summed E-state index contributed by atoms with van der Waals surface area (Å²) in [5.74, 6) is 1.86. The Hall–Kier alpha value is -1.55. The molecule has 1 saturated heterocycles. The van der Waals surface area contributed by atoms with Crippen molar-refractivity contribution >= 4 is 5.78 Å². The fourth-order valence-corrected chi connectivity index (χ4v) is 2.36. The van der Waals surface area contributed by atoms with Crippen molar-refractivity contribution < 1.29 is 14.3 Å². The number of ether oxygens (including phenoxy) is 2. The maximum atomic E-state index is 12.4. The molecule has 0 spiro atoms. The molecule has 0 radical (unpaired) electrons. The lowest BCUT2D eigenvalue weighted by Gasteiger charge is -2.14. The normalized spacial score (nSPS) is 22.8. The van der Waals surface area contributed by atoms with E-state index in [2.05, 4.69) is 12.2 Å². The van der Waals surface area contributed by atoms with Crippen LogP contribution >= 0.6 is 0 Å². The largest absolute Gasteiger partial charge is 0.493 e. The molecule has 1 aliphatic rings. The van der Waals surface area contributed by atoms with E-state index in [9.17, 15) is 4.79 Å². The molecule has 18 heavy (non-hydrogen) atoms. The standard InChI is InChI=1S/C14H19NO3/c1-9-7-15-8-11(9)14(16)10-4-5-12(17-2)13(6-10)18-3/h4-6,9,11,15H,7-8H2,1-3H3. The highest BCUT2D eigenvalue weighted by atomic mass is 16.5. The highest BCUT2D eigenvalue weighted by Gasteiger charge is 2.30. The number of carbonyl (C=O) groups is 1. The first kappa shape index (κ1) is 12.9. The van der Waals surface area contributed by atoms with Gasteiger partial charge in [-0.3, -0.25) is 4.79 Å². The summed E-state index contributed by atoms with van der Waals surface area (Å²) in [5, 5.41) is 3.25. The second-order valence-corrected chi connectivity index (χ2v) is 4.68. The zero-order valence-corrected chi connectivity index (χ0v) is 11.0. The van der Waals surface area contributed by atoms with Crippen molar-refractivity contribution in [1.29, 1.82) is 0 Å². The third-order valence-corrected chi connectivity index (χ3v) is 3.52. The second kappa shape index (κ2) is 5.40. The molecule has 4 nitrogen and oxygen atoms in total. The van der Waals surface area contributed by atoms with Gasteiger partial charge >= 0.3 is 0 Å². The molecule has 2 atom stereocenters. The van der Waals surface area contributed by atoms with Crippen LogP contribution in [0.1, 0.15) is 17.3 Å². The molecule has 1 aromatic rings. The Morgan fingerprint density at radius 2 is 1.94 bits per heavy atom. The zero-order valence-electron chi connectivity index (χ0n) is 11.0. The molecule has 2 rings (SSSR count). The number of carbonyl (C=O) groups excluding carboxylic acids is 1. The average molecular weight is 249 g/mol. The predicted octanol–water partition coefficient (Wildman–Crippen LogP) is 1.74. The van der Waals surface area contributed by atoms with E-state index < -0.39 is 0 Å². The Balaban J connectivity index is 2.25. The first-order valence-electron chi connectivity index (χ1n) is 6.14. The summed E-state index contributed by atoms with van der Waals surface area (Å²) < 4.78 is 10.4. The van der Waals surface area contributed by atoms with Crippen molar-refractivity contribution in [3.8, 4) is 11.5 Å². The van der Waals surface area contributed by atoms with E-state index in [1.807, 2.05) is 0 Å². The smallest absolute Gasteiger partial charge is 0.167 e. The van der Waals surface area contributed by atoms with Crippen molar-refractivity contribution in [2.45, 2.75) is 6.92 Å². The van der Waals surface area contributed by atoms with Crippen LogP contribution in [0.5, 0.6) is 11.5 Å². The molecule has 1 heterocycles. The zero-order chi connectivity index (χ0) is 13.1. The van der Waals surface area contributed by atoms with Crippen molar-refractivity contribution in [3.05, 3.63) is 23.8 Å². The van der Waals surface area contributed by atoms with E-state index in [1.54, 1.807) is 32.4 Å². The van der Waals surface area contributed by atoms with Crippen molar-refractivity contribution in [1.82, 2.24) is 5.32 Å². The van der Waals surface area contributed by atoms with Gasteiger partial charge in [-0.25, -0.2) is 0 Å². The van der Waals surface area contributed by atoms with Gasteiger partial charge in [-0.15, -0.1) is 0 Å². The lowest BCUT2D eigenvalue weighted by Crippen LogP contribution is -2.21. The van der Waals surface area contributed by atoms with Gasteiger partial charge in [-0.2, -0.15) is 0 Å². The van der Waals surface area contributed by atoms with Gasteiger partial charge in [0.1, 0.15) is 0 Å². The van der Waals surface area contributed by atoms with E-state index in [4.69, 9.17) is 9.47 Å². The van der Waals surface area contributed by atoms with Crippen LogP contribution in [-0.4, -0.2) is 33.1 Å². The molecule has 0 aromatic heterocycles. The van der Waals surface area contributed by atoms with Crippen molar-refractivity contribution in [2.24, 2.45) is 11.8 Å². The van der Waals surface area contributed by atoms with Gasteiger partial charge in [0, 0.05) is 18.0 Å². The minimum Gasteiger partial charge on any atom is -0.493 e. The summed E-state index contributed by atoms with van der Waals surface area (Å²) in [6.45, 7) is 3.77. The molecule has 98 valence electrons. The number of ketones is 1. The molecule has 1 N–H and O–H groups in total. The van der Waals surface area contributed by atoms with Crippen molar-refractivity contribution in [3.63, 3.8) is 0 Å². The lowest BCUT2D eigenvalue weighted by molar-refractivity contribution is 0.0907. The molecular formula is C14H19NO3. The van der Waals surface area contributed by atoms with Crippen LogP contribution in [0.15, 0.2) is 18.2 Å². The monoisotopic (exact) mass is 249 g/mol. The van der Waals surface area contributed by atoms with Crippen LogP contribution in [0.3, 0.4) is 0 Å². The van der Waals surface area contributed by atoms with Gasteiger partial charge < -0.3 is 14.8 Å². The van der Waals surface area contributed by atoms with Crippen molar-refractivity contribution in [2.75, 3.05) is 27.3 Å². The second-order valence-electron chi connectivity index (χ2n) is 4.68. The van der Waals surface area contributed by atoms with E-state index in [0.717, 1.165) is 13.1 Å². The molecule has 2 unspecified atom stereocenters. The first-order valence-corrected chi connectivity index (χ1v) is 6.14. The number of benzene rings is 1. The summed E-state index contributed by atoms with van der Waals surface area (Å²) in [5.41, 5.74) is 0.688. The van der Waals surface area contributed by atoms with Crippen LogP contribution in [0, 0.1) is 11.8 Å². The Bertz CT molecular complexity index is 445. The topological polar surface area (TPSA) is 47.6 Å². The van der Waals surface area contributed by atoms with Gasteiger partial charge in [0.2, 0.25) is 0 Å². The molecule has 1 aliphatic heterocycles. The summed E-state index contributed by atoms with van der Waals surface area (Å²) in [6, 6.07) is 5.33. The van der Waals surface area contributed by atoms with Gasteiger partial charge in [0.05, 0.1) is 14.2 Å². The quantitative estimate of drug-likeness (QED) is 0.826. The maximum absolute atomic E-state index is 12.4. The third kappa shape index (κ3) is 2.34. The van der Waals surface area contributed by atoms with Gasteiger partial charge in [-0.05, 0) is 30.7 Å². The van der Waals surface area contributed by atoms with E-state index in [-0.39, 0.29) is 11.7 Å². The highest BCUT2D eigenvalue weighted by Crippen LogP contribution is 2.30. The molecule has 0 saturated carbocycles. The Morgan fingerprint density at radius 3 is 2.50 bits per heavy atom. The molecule has 0 bridgehead atoms. The Morgan fingerprint density at radius 1 is 1.22 bits per heavy atom. The van der Waals surface area contributed by atoms with E-state index >= 15 is 0 Å². The fraction of sp³-hybridized carbons (Fsp3) is 0.500.